The molecule has 1 aliphatic carbocycles. The molecule has 0 heterocycles. The molecule has 2 nitrogen and oxygen atoms in total. The van der Waals surface area contributed by atoms with Gasteiger partial charge in [-0.25, -0.2) is 9.98 Å². The Balaban J connectivity index is 0.00000260. The highest BCUT2D eigenvalue weighted by molar-refractivity contribution is 6.04. The second-order valence-electron chi connectivity index (χ2n) is 9.39. The maximum Gasteiger partial charge on any atom is 0.158 e. The van der Waals surface area contributed by atoms with Gasteiger partial charge in [0.25, 0.3) is 0 Å². The second kappa shape index (κ2) is 15.6. The summed E-state index contributed by atoms with van der Waals surface area (Å²) >= 11 is 0. The minimum atomic E-state index is -0.370. The molecule has 0 bridgehead atoms. The lowest BCUT2D eigenvalue weighted by Gasteiger charge is -2.35. The van der Waals surface area contributed by atoms with Crippen LogP contribution in [0.1, 0.15) is 89.1 Å². The van der Waals surface area contributed by atoms with Crippen molar-refractivity contribution in [1.82, 2.24) is 0 Å². The van der Waals surface area contributed by atoms with Crippen LogP contribution in [0.3, 0.4) is 0 Å². The SMILES string of the molecule is C=C/C=C\C1=C(C)c2ccc(C(N=CC)=NC=C(C)CC)cc2C1(CC=C)c1ccccc1C/C=C\C.CC. The van der Waals surface area contributed by atoms with Gasteiger partial charge in [-0.2, -0.15) is 0 Å². The molecule has 3 rings (SSSR count). The van der Waals surface area contributed by atoms with Crippen LogP contribution in [0.4, 0.5) is 0 Å². The summed E-state index contributed by atoms with van der Waals surface area (Å²) in [6.45, 7) is 22.6. The van der Waals surface area contributed by atoms with Crippen LogP contribution in [0.25, 0.3) is 5.57 Å². The van der Waals surface area contributed by atoms with E-state index < -0.39 is 0 Å². The lowest BCUT2D eigenvalue weighted by atomic mass is 9.67. The van der Waals surface area contributed by atoms with Crippen molar-refractivity contribution in [2.75, 3.05) is 0 Å². The second-order valence-corrected chi connectivity index (χ2v) is 9.39. The lowest BCUT2D eigenvalue weighted by molar-refractivity contribution is 0.633. The molecular formula is C37H46N2. The molecule has 0 spiro atoms. The van der Waals surface area contributed by atoms with E-state index in [2.05, 4.69) is 113 Å². The summed E-state index contributed by atoms with van der Waals surface area (Å²) < 4.78 is 0. The fourth-order valence-corrected chi connectivity index (χ4v) is 5.17. The fraction of sp³-hybridized carbons (Fsp3) is 0.297. The molecular weight excluding hydrogens is 472 g/mol. The minimum absolute atomic E-state index is 0.370. The molecule has 0 N–H and O–H groups in total. The Morgan fingerprint density at radius 1 is 1.03 bits per heavy atom. The van der Waals surface area contributed by atoms with Gasteiger partial charge in [0.1, 0.15) is 0 Å². The maximum absolute atomic E-state index is 4.78. The number of hydrogen-bond donors (Lipinski definition) is 0. The molecule has 2 heteroatoms. The van der Waals surface area contributed by atoms with Crippen molar-refractivity contribution in [3.63, 3.8) is 0 Å². The van der Waals surface area contributed by atoms with Crippen LogP contribution in [-0.4, -0.2) is 12.1 Å². The molecule has 2 aromatic rings. The van der Waals surface area contributed by atoms with Crippen LogP contribution in [-0.2, 0) is 11.8 Å². The molecule has 1 atom stereocenters. The first-order valence-electron chi connectivity index (χ1n) is 14.2. The zero-order chi connectivity index (χ0) is 28.8. The van der Waals surface area contributed by atoms with Crippen LogP contribution in [0.15, 0.2) is 119 Å². The highest BCUT2D eigenvalue weighted by Gasteiger charge is 2.44. The summed E-state index contributed by atoms with van der Waals surface area (Å²) in [6, 6.07) is 15.5. The number of hydrogen-bond acceptors (Lipinski definition) is 1. The van der Waals surface area contributed by atoms with Crippen LogP contribution in [0.5, 0.6) is 0 Å². The Morgan fingerprint density at radius 2 is 1.77 bits per heavy atom. The third-order valence-electron chi connectivity index (χ3n) is 7.12. The Labute approximate surface area is 237 Å². The number of fused-ring (bicyclic) bond motifs is 1. The summed E-state index contributed by atoms with van der Waals surface area (Å²) in [5.74, 6) is 0.723. The first-order valence-corrected chi connectivity index (χ1v) is 14.2. The van der Waals surface area contributed by atoms with Crippen molar-refractivity contribution in [2.45, 2.75) is 73.1 Å². The highest BCUT2D eigenvalue weighted by Crippen LogP contribution is 2.54. The van der Waals surface area contributed by atoms with E-state index in [1.54, 1.807) is 0 Å². The van der Waals surface area contributed by atoms with Crippen molar-refractivity contribution >= 4 is 17.6 Å². The van der Waals surface area contributed by atoms with E-state index >= 15 is 0 Å². The number of allylic oxidation sites excluding steroid dienone is 9. The van der Waals surface area contributed by atoms with Gasteiger partial charge in [0.2, 0.25) is 0 Å². The van der Waals surface area contributed by atoms with Gasteiger partial charge >= 0.3 is 0 Å². The standard InChI is InChI=1S/C35H40N2.C2H6/c1-8-13-17-28-18-15-16-20-32(28)35(23-10-3)31(19-14-9-2)27(7)30-22-21-29(24-33(30)35)34(36-12-5)37-25-26(6)11-4;1-2/h8-10,12-16,18-22,24-25H,2-3,11,17,23H2,1,4-7H3;1-2H3/b13-8-,19-14-,26-25?,36-12?,37-34?;. The van der Waals surface area contributed by atoms with Gasteiger partial charge in [0.05, 0.1) is 0 Å². The first kappa shape index (κ1) is 31.4. The third kappa shape index (κ3) is 6.81. The number of rotatable bonds is 10. The summed E-state index contributed by atoms with van der Waals surface area (Å²) in [5, 5.41) is 0. The van der Waals surface area contributed by atoms with Crippen LogP contribution in [0, 0.1) is 0 Å². The van der Waals surface area contributed by atoms with E-state index in [1.807, 2.05) is 45.3 Å². The number of benzene rings is 2. The summed E-state index contributed by atoms with van der Waals surface area (Å²) in [5.41, 5.74) is 9.59. The zero-order valence-electron chi connectivity index (χ0n) is 25.1. The molecule has 1 aliphatic rings. The summed E-state index contributed by atoms with van der Waals surface area (Å²) in [6.07, 6.45) is 18.9. The fourth-order valence-electron chi connectivity index (χ4n) is 5.17. The molecule has 1 unspecified atom stereocenters. The van der Waals surface area contributed by atoms with Crippen molar-refractivity contribution in [3.8, 4) is 0 Å². The highest BCUT2D eigenvalue weighted by atomic mass is 14.9. The van der Waals surface area contributed by atoms with Gasteiger partial charge in [-0.3, -0.25) is 0 Å². The van der Waals surface area contributed by atoms with E-state index in [0.717, 1.165) is 30.7 Å². The molecule has 0 saturated carbocycles. The molecule has 39 heavy (non-hydrogen) atoms. The zero-order valence-corrected chi connectivity index (χ0v) is 25.1. The number of aliphatic imine (C=N–C) groups is 2. The number of nitrogens with zero attached hydrogens (tertiary/aromatic N) is 2. The maximum atomic E-state index is 4.78. The molecule has 0 saturated heterocycles. The number of amidine groups is 1. The molecule has 0 aliphatic heterocycles. The van der Waals surface area contributed by atoms with Crippen molar-refractivity contribution in [1.29, 1.82) is 0 Å². The Kier molecular flexibility index (Phi) is 12.6. The van der Waals surface area contributed by atoms with E-state index in [-0.39, 0.29) is 5.41 Å². The molecule has 0 amide bonds. The van der Waals surface area contributed by atoms with E-state index in [9.17, 15) is 0 Å². The Morgan fingerprint density at radius 3 is 2.41 bits per heavy atom. The van der Waals surface area contributed by atoms with E-state index in [4.69, 9.17) is 4.99 Å². The van der Waals surface area contributed by atoms with Crippen LogP contribution >= 0.6 is 0 Å². The van der Waals surface area contributed by atoms with E-state index in [0.29, 0.717) is 0 Å². The molecule has 2 aromatic carbocycles. The van der Waals surface area contributed by atoms with Crippen molar-refractivity contribution in [3.05, 3.63) is 137 Å². The third-order valence-corrected chi connectivity index (χ3v) is 7.12. The minimum Gasteiger partial charge on any atom is -0.241 e. The molecule has 204 valence electrons. The van der Waals surface area contributed by atoms with Gasteiger partial charge in [-0.15, -0.1) is 6.58 Å². The van der Waals surface area contributed by atoms with Gasteiger partial charge in [0, 0.05) is 23.4 Å². The van der Waals surface area contributed by atoms with Crippen molar-refractivity contribution < 1.29 is 0 Å². The predicted octanol–water partition coefficient (Wildman–Crippen LogP) is 10.4. The Bertz CT molecular complexity index is 1330. The monoisotopic (exact) mass is 518 g/mol. The average molecular weight is 519 g/mol. The normalized spacial score (nSPS) is 17.6. The molecule has 0 radical (unpaired) electrons. The van der Waals surface area contributed by atoms with Gasteiger partial charge < -0.3 is 0 Å². The summed E-state index contributed by atoms with van der Waals surface area (Å²) in [4.78, 5) is 9.43. The van der Waals surface area contributed by atoms with E-state index in [1.165, 1.54) is 39.0 Å². The van der Waals surface area contributed by atoms with Gasteiger partial charge in [-0.1, -0.05) is 106 Å². The topological polar surface area (TPSA) is 24.7 Å². The van der Waals surface area contributed by atoms with Gasteiger partial charge in [0.15, 0.2) is 5.84 Å². The van der Waals surface area contributed by atoms with Crippen LogP contribution in [0.2, 0.25) is 0 Å². The largest absolute Gasteiger partial charge is 0.241 e. The lowest BCUT2D eigenvalue weighted by Crippen LogP contribution is -2.29. The first-order chi connectivity index (χ1) is 19.0. The Hall–Kier alpha value is -3.78. The molecule has 0 aromatic heterocycles. The van der Waals surface area contributed by atoms with Crippen molar-refractivity contribution in [2.24, 2.45) is 9.98 Å². The quantitative estimate of drug-likeness (QED) is 0.129. The smallest absolute Gasteiger partial charge is 0.158 e. The van der Waals surface area contributed by atoms with Gasteiger partial charge in [-0.05, 0) is 86.4 Å². The molecule has 0 fully saturated rings. The summed E-state index contributed by atoms with van der Waals surface area (Å²) in [7, 11) is 0. The average Bonchev–Trinajstić information content (AvgIpc) is 3.21. The van der Waals surface area contributed by atoms with Crippen LogP contribution < -0.4 is 0 Å². The predicted molar refractivity (Wildman–Crippen MR) is 175 cm³/mol.